The van der Waals surface area contributed by atoms with Crippen molar-refractivity contribution in [3.8, 4) is 0 Å². The first-order valence-corrected chi connectivity index (χ1v) is 12.4. The average Bonchev–Trinajstić information content (AvgIpc) is 3.31. The van der Waals surface area contributed by atoms with Gasteiger partial charge in [-0.05, 0) is 31.4 Å². The van der Waals surface area contributed by atoms with E-state index in [1.807, 2.05) is 0 Å². The van der Waals surface area contributed by atoms with Gasteiger partial charge in [-0.2, -0.15) is 13.2 Å². The maximum Gasteiger partial charge on any atom is 0.490 e. The molecular formula is C22H27F5N4O4S. The number of carboxylic acids is 1. The number of hydrogen-bond acceptors (Lipinski definition) is 7. The lowest BCUT2D eigenvalue weighted by Crippen LogP contribution is -2.42. The molecule has 0 radical (unpaired) electrons. The molecule has 8 nitrogen and oxygen atoms in total. The summed E-state index contributed by atoms with van der Waals surface area (Å²) >= 11 is 1.54. The fraction of sp³-hybridized carbons (Fsp3) is 0.591. The van der Waals surface area contributed by atoms with Crippen molar-refractivity contribution >= 4 is 34.3 Å². The number of hydrogen-bond donors (Lipinski definition) is 4. The highest BCUT2D eigenvalue weighted by Gasteiger charge is 2.38. The van der Waals surface area contributed by atoms with Crippen molar-refractivity contribution in [3.63, 3.8) is 0 Å². The summed E-state index contributed by atoms with van der Waals surface area (Å²) in [4.78, 5) is 28.4. The Morgan fingerprint density at radius 3 is 2.53 bits per heavy atom. The number of nitrogens with one attached hydrogen (secondary N) is 2. The lowest BCUT2D eigenvalue weighted by molar-refractivity contribution is -0.192. The smallest absolute Gasteiger partial charge is 0.475 e. The summed E-state index contributed by atoms with van der Waals surface area (Å²) < 4.78 is 65.5. The van der Waals surface area contributed by atoms with E-state index >= 15 is 0 Å². The Balaban J connectivity index is 0.000000454. The van der Waals surface area contributed by atoms with E-state index in [9.17, 15) is 26.7 Å². The summed E-state index contributed by atoms with van der Waals surface area (Å²) in [5.74, 6) is -4.15. The van der Waals surface area contributed by atoms with Crippen LogP contribution in [0.4, 0.5) is 27.6 Å². The third-order valence-electron chi connectivity index (χ3n) is 5.91. The molecule has 1 aromatic carbocycles. The zero-order chi connectivity index (χ0) is 26.5. The van der Waals surface area contributed by atoms with E-state index in [1.165, 1.54) is 30.7 Å². The highest BCUT2D eigenvalue weighted by molar-refractivity contribution is 7.99. The van der Waals surface area contributed by atoms with Crippen LogP contribution in [0, 0.1) is 5.82 Å². The first-order valence-electron chi connectivity index (χ1n) is 11.3. The first-order chi connectivity index (χ1) is 16.9. The number of carbonyl (C=O) groups is 1. The summed E-state index contributed by atoms with van der Waals surface area (Å²) in [5, 5.41) is 10.5. The molecule has 1 aliphatic carbocycles. The van der Waals surface area contributed by atoms with Gasteiger partial charge >= 0.3 is 12.1 Å². The molecule has 2 aromatic rings. The van der Waals surface area contributed by atoms with Gasteiger partial charge in [0.1, 0.15) is 17.0 Å². The van der Waals surface area contributed by atoms with E-state index in [1.54, 1.807) is 6.07 Å². The van der Waals surface area contributed by atoms with Crippen molar-refractivity contribution in [2.75, 3.05) is 18.5 Å². The van der Waals surface area contributed by atoms with Crippen molar-refractivity contribution in [3.05, 3.63) is 34.1 Å². The third-order valence-corrected chi connectivity index (χ3v) is 7.19. The molecule has 4 rings (SSSR count). The topological polar surface area (TPSA) is 130 Å². The number of alkyl halides is 4. The van der Waals surface area contributed by atoms with Gasteiger partial charge in [0.15, 0.2) is 0 Å². The SMILES string of the molecule is NC[C@@]1(F)CC[C@@H](SCc2nc3cc(NC4CCCC4)cc(F)c3c(=O)[nH]2)CO1.O=C(O)C(F)(F)F. The van der Waals surface area contributed by atoms with Gasteiger partial charge in [0.05, 0.1) is 24.4 Å². The minimum absolute atomic E-state index is 0.0260. The number of carboxylic acid groups (broad SMARTS) is 1. The number of benzene rings is 1. The predicted molar refractivity (Wildman–Crippen MR) is 125 cm³/mol. The quantitative estimate of drug-likeness (QED) is 0.405. The van der Waals surface area contributed by atoms with Gasteiger partial charge in [0.2, 0.25) is 5.85 Å². The molecule has 2 aliphatic rings. The van der Waals surface area contributed by atoms with E-state index in [4.69, 9.17) is 20.4 Å². The maximum atomic E-state index is 14.5. The molecule has 2 atom stereocenters. The number of nitrogens with zero attached hydrogens (tertiary/aromatic N) is 1. The largest absolute Gasteiger partial charge is 0.490 e. The third kappa shape index (κ3) is 7.53. The summed E-state index contributed by atoms with van der Waals surface area (Å²) in [6.07, 6.45) is 0.292. The molecule has 1 saturated carbocycles. The molecule has 200 valence electrons. The number of ether oxygens (including phenoxy) is 1. The van der Waals surface area contributed by atoms with E-state index in [-0.39, 0.29) is 30.2 Å². The standard InChI is InChI=1S/C20H26F2N4O2S.C2HF3O2/c21-15-7-13(24-12-3-1-2-4-12)8-16-18(15)19(27)26-17(25-16)10-29-14-5-6-20(22,11-23)28-9-14;3-2(4,5)1(6)7/h7-8,12,14,24H,1-6,9-11,23H2,(H,25,26,27);(H,6,7)/t14-,20-;/m1./s1. The first kappa shape index (κ1) is 28.1. The molecule has 2 heterocycles. The molecule has 14 heteroatoms. The number of halogens is 5. The van der Waals surface area contributed by atoms with Crippen LogP contribution in [0.25, 0.3) is 10.9 Å². The lowest BCUT2D eigenvalue weighted by atomic mass is 10.1. The fourth-order valence-electron chi connectivity index (χ4n) is 3.99. The molecular weight excluding hydrogens is 511 g/mol. The Hall–Kier alpha value is -2.45. The number of fused-ring (bicyclic) bond motifs is 1. The number of anilines is 1. The number of H-pyrrole nitrogens is 1. The van der Waals surface area contributed by atoms with E-state index in [0.717, 1.165) is 12.8 Å². The van der Waals surface area contributed by atoms with Crippen LogP contribution in [0.2, 0.25) is 0 Å². The van der Waals surface area contributed by atoms with E-state index in [2.05, 4.69) is 15.3 Å². The van der Waals surface area contributed by atoms with Gasteiger partial charge in [-0.1, -0.05) is 12.8 Å². The van der Waals surface area contributed by atoms with Crippen molar-refractivity contribution in [1.29, 1.82) is 0 Å². The summed E-state index contributed by atoms with van der Waals surface area (Å²) in [7, 11) is 0. The molecule has 2 fully saturated rings. The molecule has 5 N–H and O–H groups in total. The number of rotatable bonds is 6. The summed E-state index contributed by atoms with van der Waals surface area (Å²) in [5.41, 5.74) is 5.91. The zero-order valence-electron chi connectivity index (χ0n) is 19.2. The monoisotopic (exact) mass is 538 g/mol. The van der Waals surface area contributed by atoms with Gasteiger partial charge in [0.25, 0.3) is 5.56 Å². The van der Waals surface area contributed by atoms with Crippen molar-refractivity contribution < 1.29 is 36.6 Å². The van der Waals surface area contributed by atoms with Gasteiger partial charge in [0, 0.05) is 23.4 Å². The van der Waals surface area contributed by atoms with E-state index < -0.39 is 29.4 Å². The molecule has 0 spiro atoms. The second kappa shape index (κ2) is 11.7. The normalized spacial score (nSPS) is 22.8. The number of nitrogens with two attached hydrogens (primary N) is 1. The van der Waals surface area contributed by atoms with Crippen LogP contribution in [-0.4, -0.2) is 57.5 Å². The highest BCUT2D eigenvalue weighted by atomic mass is 32.2. The van der Waals surface area contributed by atoms with Gasteiger partial charge in [-0.3, -0.25) is 4.79 Å². The van der Waals surface area contributed by atoms with Crippen molar-refractivity contribution in [2.24, 2.45) is 5.73 Å². The van der Waals surface area contributed by atoms with Crippen LogP contribution in [0.15, 0.2) is 16.9 Å². The van der Waals surface area contributed by atoms with Gasteiger partial charge in [-0.15, -0.1) is 11.8 Å². The van der Waals surface area contributed by atoms with Crippen LogP contribution in [0.1, 0.15) is 44.3 Å². The number of aromatic nitrogens is 2. The number of aromatic amines is 1. The highest BCUT2D eigenvalue weighted by Crippen LogP contribution is 2.32. The number of aliphatic carboxylic acids is 1. The second-order valence-corrected chi connectivity index (χ2v) is 9.95. The van der Waals surface area contributed by atoms with Crippen LogP contribution < -0.4 is 16.6 Å². The molecule has 1 aromatic heterocycles. The molecule has 1 saturated heterocycles. The van der Waals surface area contributed by atoms with Crippen LogP contribution in [0.5, 0.6) is 0 Å². The Labute approximate surface area is 207 Å². The minimum Gasteiger partial charge on any atom is -0.475 e. The lowest BCUT2D eigenvalue weighted by Gasteiger charge is -2.32. The summed E-state index contributed by atoms with van der Waals surface area (Å²) in [6.45, 7) is 0.118. The molecule has 0 unspecified atom stereocenters. The average molecular weight is 539 g/mol. The maximum absolute atomic E-state index is 14.5. The minimum atomic E-state index is -5.08. The van der Waals surface area contributed by atoms with Crippen LogP contribution in [-0.2, 0) is 15.3 Å². The van der Waals surface area contributed by atoms with Crippen molar-refractivity contribution in [1.82, 2.24) is 9.97 Å². The van der Waals surface area contributed by atoms with Gasteiger partial charge < -0.3 is 25.9 Å². The zero-order valence-corrected chi connectivity index (χ0v) is 20.0. The van der Waals surface area contributed by atoms with Crippen LogP contribution >= 0.6 is 11.8 Å². The van der Waals surface area contributed by atoms with Gasteiger partial charge in [-0.25, -0.2) is 18.6 Å². The number of thioether (sulfide) groups is 1. The Morgan fingerprint density at radius 1 is 1.31 bits per heavy atom. The second-order valence-electron chi connectivity index (χ2n) is 8.66. The van der Waals surface area contributed by atoms with E-state index in [0.29, 0.717) is 35.2 Å². The molecule has 1 aliphatic heterocycles. The Morgan fingerprint density at radius 2 is 1.97 bits per heavy atom. The Kier molecular flexibility index (Phi) is 9.17. The fourth-order valence-corrected chi connectivity index (χ4v) is 4.97. The molecule has 0 bridgehead atoms. The molecule has 36 heavy (non-hydrogen) atoms. The predicted octanol–water partition coefficient (Wildman–Crippen LogP) is 4.09. The van der Waals surface area contributed by atoms with Crippen molar-refractivity contribution in [2.45, 2.75) is 67.6 Å². The van der Waals surface area contributed by atoms with Crippen LogP contribution in [0.3, 0.4) is 0 Å². The summed E-state index contributed by atoms with van der Waals surface area (Å²) in [6, 6.07) is 3.44. The molecule has 0 amide bonds. The Bertz CT molecular complexity index is 1120.